The summed E-state index contributed by atoms with van der Waals surface area (Å²) in [5, 5.41) is 2.53. The minimum atomic E-state index is -4.86. The zero-order valence-electron chi connectivity index (χ0n) is 16.0. The second-order valence-corrected chi connectivity index (χ2v) is 8.48. The molecule has 0 spiro atoms. The van der Waals surface area contributed by atoms with Gasteiger partial charge >= 0.3 is 12.4 Å². The Balaban J connectivity index is 1.48. The molecule has 13 heteroatoms. The fourth-order valence-electron chi connectivity index (χ4n) is 2.88. The van der Waals surface area contributed by atoms with E-state index >= 15 is 0 Å². The van der Waals surface area contributed by atoms with E-state index in [1.807, 2.05) is 0 Å². The lowest BCUT2D eigenvalue weighted by Crippen LogP contribution is -2.43. The summed E-state index contributed by atoms with van der Waals surface area (Å²) in [4.78, 5) is 20.9. The quantitative estimate of drug-likeness (QED) is 0.642. The van der Waals surface area contributed by atoms with Crippen molar-refractivity contribution < 1.29 is 36.0 Å². The molecule has 2 aromatic rings. The molecule has 1 saturated heterocycles. The lowest BCUT2D eigenvalue weighted by Gasteiger charge is -2.30. The molecule has 0 radical (unpaired) electrons. The smallest absolute Gasteiger partial charge is 0.406 e. The molecule has 1 fully saturated rings. The van der Waals surface area contributed by atoms with E-state index in [0.717, 1.165) is 24.3 Å². The van der Waals surface area contributed by atoms with Gasteiger partial charge in [-0.15, -0.1) is 13.2 Å². The third-order valence-corrected chi connectivity index (χ3v) is 6.25. The number of urea groups is 1. The number of hydrogen-bond acceptors (Lipinski definition) is 6. The van der Waals surface area contributed by atoms with E-state index in [4.69, 9.17) is 4.84 Å². The third-order valence-electron chi connectivity index (χ3n) is 4.33. The molecule has 2 amide bonds. The molecule has 0 aliphatic carbocycles. The summed E-state index contributed by atoms with van der Waals surface area (Å²) < 4.78 is 67.0. The number of carbonyl (C=O) groups is 1. The fraction of sp³-hybridized carbons (Fsp3) is 0.333. The Bertz CT molecular complexity index is 980. The number of sulfonamides is 1. The molecule has 1 aliphatic heterocycles. The van der Waals surface area contributed by atoms with Crippen LogP contribution < -0.4 is 15.5 Å². The van der Waals surface area contributed by atoms with E-state index < -0.39 is 34.3 Å². The predicted molar refractivity (Wildman–Crippen MR) is 102 cm³/mol. The van der Waals surface area contributed by atoms with Crippen molar-refractivity contribution in [2.45, 2.75) is 30.2 Å². The van der Waals surface area contributed by atoms with Gasteiger partial charge < -0.3 is 10.1 Å². The Labute approximate surface area is 176 Å². The van der Waals surface area contributed by atoms with Crippen molar-refractivity contribution in [1.82, 2.24) is 14.8 Å². The number of hydroxylamine groups is 1. The Kier molecular flexibility index (Phi) is 6.97. The number of aromatic nitrogens is 1. The van der Waals surface area contributed by atoms with Gasteiger partial charge in [0.05, 0.1) is 22.9 Å². The minimum Gasteiger partial charge on any atom is -0.406 e. The number of halogens is 3. The van der Waals surface area contributed by atoms with E-state index in [-0.39, 0.29) is 18.0 Å². The molecule has 2 heterocycles. The van der Waals surface area contributed by atoms with Crippen LogP contribution in [-0.2, 0) is 14.9 Å². The number of benzene rings is 1. The summed E-state index contributed by atoms with van der Waals surface area (Å²) in [6.45, 7) is 0.249. The SMILES string of the molecule is O=C(NOC1CCN(S(=O)(=O)c2ccc(OC(F)(F)F)cc2)CC1)Nc1cccnc1. The summed E-state index contributed by atoms with van der Waals surface area (Å²) in [6, 6.07) is 6.72. The van der Waals surface area contributed by atoms with Crippen LogP contribution in [0.2, 0.25) is 0 Å². The Morgan fingerprint density at radius 1 is 1.13 bits per heavy atom. The molecule has 1 aromatic carbocycles. The number of carbonyl (C=O) groups excluding carboxylic acids is 1. The highest BCUT2D eigenvalue weighted by Gasteiger charge is 2.32. The number of pyridine rings is 1. The van der Waals surface area contributed by atoms with Crippen LogP contribution in [0.4, 0.5) is 23.7 Å². The van der Waals surface area contributed by atoms with Gasteiger partial charge in [-0.3, -0.25) is 9.82 Å². The summed E-state index contributed by atoms with van der Waals surface area (Å²) in [6.07, 6.45) is -1.58. The number of ether oxygens (including phenoxy) is 1. The highest BCUT2D eigenvalue weighted by Crippen LogP contribution is 2.26. The van der Waals surface area contributed by atoms with Crippen molar-refractivity contribution in [3.63, 3.8) is 0 Å². The van der Waals surface area contributed by atoms with Crippen LogP contribution in [-0.4, -0.2) is 49.3 Å². The number of alkyl halides is 3. The first-order valence-corrected chi connectivity index (χ1v) is 10.6. The molecule has 0 saturated carbocycles. The molecule has 0 bridgehead atoms. The van der Waals surface area contributed by atoms with Crippen molar-refractivity contribution in [2.24, 2.45) is 0 Å². The first-order chi connectivity index (χ1) is 14.6. The fourth-order valence-corrected chi connectivity index (χ4v) is 4.35. The standard InChI is InChI=1S/C18H19F3N4O5S/c19-18(20,21)29-14-3-5-16(6-4-14)31(27,28)25-10-7-15(8-11-25)30-24-17(26)23-13-2-1-9-22-12-13/h1-6,9,12,15H,7-8,10-11H2,(H2,23,24,26). The van der Waals surface area contributed by atoms with Crippen LogP contribution in [0.15, 0.2) is 53.7 Å². The summed E-state index contributed by atoms with van der Waals surface area (Å²) in [5.74, 6) is -0.505. The van der Waals surface area contributed by atoms with Gasteiger partial charge in [0.15, 0.2) is 0 Å². The average Bonchev–Trinajstić information content (AvgIpc) is 2.72. The molecule has 1 aromatic heterocycles. The van der Waals surface area contributed by atoms with E-state index in [0.29, 0.717) is 18.5 Å². The molecular weight excluding hydrogens is 441 g/mol. The van der Waals surface area contributed by atoms with Gasteiger partial charge in [0.1, 0.15) is 5.75 Å². The maximum atomic E-state index is 12.7. The van der Waals surface area contributed by atoms with E-state index in [1.165, 1.54) is 10.5 Å². The second kappa shape index (κ2) is 9.49. The highest BCUT2D eigenvalue weighted by atomic mass is 32.2. The summed E-state index contributed by atoms with van der Waals surface area (Å²) in [7, 11) is -3.88. The maximum absolute atomic E-state index is 12.7. The molecule has 3 rings (SSSR count). The van der Waals surface area contributed by atoms with Crippen molar-refractivity contribution in [1.29, 1.82) is 0 Å². The monoisotopic (exact) mass is 460 g/mol. The maximum Gasteiger partial charge on any atom is 0.573 e. The molecular formula is C18H19F3N4O5S. The van der Waals surface area contributed by atoms with Gasteiger partial charge in [0.2, 0.25) is 10.0 Å². The molecule has 0 unspecified atom stereocenters. The highest BCUT2D eigenvalue weighted by molar-refractivity contribution is 7.89. The van der Waals surface area contributed by atoms with Crippen LogP contribution in [0.1, 0.15) is 12.8 Å². The van der Waals surface area contributed by atoms with E-state index in [2.05, 4.69) is 20.5 Å². The second-order valence-electron chi connectivity index (χ2n) is 6.54. The molecule has 31 heavy (non-hydrogen) atoms. The molecule has 9 nitrogen and oxygen atoms in total. The minimum absolute atomic E-state index is 0.125. The van der Waals surface area contributed by atoms with Crippen molar-refractivity contribution >= 4 is 21.7 Å². The lowest BCUT2D eigenvalue weighted by atomic mass is 10.1. The number of hydrogen-bond donors (Lipinski definition) is 2. The van der Waals surface area contributed by atoms with Crippen LogP contribution >= 0.6 is 0 Å². The zero-order chi connectivity index (χ0) is 22.5. The number of nitrogens with zero attached hydrogens (tertiary/aromatic N) is 2. The van der Waals surface area contributed by atoms with Gasteiger partial charge in [-0.1, -0.05) is 0 Å². The largest absolute Gasteiger partial charge is 0.573 e. The Hall–Kier alpha value is -2.90. The number of amides is 2. The number of nitrogens with one attached hydrogen (secondary N) is 2. The van der Waals surface area contributed by atoms with Crippen LogP contribution in [0, 0.1) is 0 Å². The molecule has 168 valence electrons. The third kappa shape index (κ3) is 6.54. The number of anilines is 1. The van der Waals surface area contributed by atoms with E-state index in [1.54, 1.807) is 18.3 Å². The Morgan fingerprint density at radius 3 is 2.39 bits per heavy atom. The molecule has 1 aliphatic rings. The first-order valence-electron chi connectivity index (χ1n) is 9.12. The predicted octanol–water partition coefficient (Wildman–Crippen LogP) is 2.89. The van der Waals surface area contributed by atoms with Crippen molar-refractivity contribution in [2.75, 3.05) is 18.4 Å². The first kappa shape index (κ1) is 22.8. The Morgan fingerprint density at radius 2 is 1.81 bits per heavy atom. The van der Waals surface area contributed by atoms with Gasteiger partial charge in [-0.2, -0.15) is 4.31 Å². The van der Waals surface area contributed by atoms with Crippen LogP contribution in [0.3, 0.4) is 0 Å². The van der Waals surface area contributed by atoms with Gasteiger partial charge in [0, 0.05) is 19.3 Å². The topological polar surface area (TPSA) is 110 Å². The van der Waals surface area contributed by atoms with E-state index in [9.17, 15) is 26.4 Å². The average molecular weight is 460 g/mol. The zero-order valence-corrected chi connectivity index (χ0v) is 16.8. The number of rotatable bonds is 6. The van der Waals surface area contributed by atoms with Crippen molar-refractivity contribution in [3.05, 3.63) is 48.8 Å². The number of piperidine rings is 1. The molecule has 2 N–H and O–H groups in total. The summed E-state index contributed by atoms with van der Waals surface area (Å²) in [5.41, 5.74) is 2.74. The normalized spacial score (nSPS) is 16.0. The lowest BCUT2D eigenvalue weighted by molar-refractivity contribution is -0.274. The van der Waals surface area contributed by atoms with Gasteiger partial charge in [0.25, 0.3) is 0 Å². The van der Waals surface area contributed by atoms with Crippen LogP contribution in [0.25, 0.3) is 0 Å². The van der Waals surface area contributed by atoms with Gasteiger partial charge in [-0.25, -0.2) is 18.7 Å². The van der Waals surface area contributed by atoms with Crippen LogP contribution in [0.5, 0.6) is 5.75 Å². The summed E-state index contributed by atoms with van der Waals surface area (Å²) >= 11 is 0. The van der Waals surface area contributed by atoms with Gasteiger partial charge in [-0.05, 0) is 49.2 Å². The molecule has 0 atom stereocenters. The van der Waals surface area contributed by atoms with Crippen molar-refractivity contribution in [3.8, 4) is 5.75 Å².